The fourth-order valence-corrected chi connectivity index (χ4v) is 3.25. The number of nitrogens with zero attached hydrogens (tertiary/aromatic N) is 2. The van der Waals surface area contributed by atoms with Crippen LogP contribution < -0.4 is 10.6 Å². The van der Waals surface area contributed by atoms with Crippen LogP contribution in [0, 0.1) is 5.92 Å². The lowest BCUT2D eigenvalue weighted by molar-refractivity contribution is -0.122. The first-order valence-electron chi connectivity index (χ1n) is 8.66. The summed E-state index contributed by atoms with van der Waals surface area (Å²) in [5.41, 5.74) is 0. The summed E-state index contributed by atoms with van der Waals surface area (Å²) in [5.74, 6) is 0.722. The number of carbonyl (C=O) groups excluding carboxylic acids is 1. The highest BCUT2D eigenvalue weighted by molar-refractivity contribution is 5.78. The fraction of sp³-hybridized carbons (Fsp3) is 0.938. The van der Waals surface area contributed by atoms with Crippen molar-refractivity contribution in [2.24, 2.45) is 5.92 Å². The molecule has 1 atom stereocenters. The Labute approximate surface area is 129 Å². The zero-order valence-corrected chi connectivity index (χ0v) is 13.6. The Bertz CT molecular complexity index is 297. The summed E-state index contributed by atoms with van der Waals surface area (Å²) in [6.07, 6.45) is 5.19. The van der Waals surface area contributed by atoms with Crippen LogP contribution >= 0.6 is 0 Å². The van der Waals surface area contributed by atoms with Gasteiger partial charge in [0.05, 0.1) is 6.54 Å². The van der Waals surface area contributed by atoms with Crippen LogP contribution in [0.15, 0.2) is 0 Å². The first kappa shape index (κ1) is 16.7. The molecule has 2 rings (SSSR count). The van der Waals surface area contributed by atoms with E-state index in [-0.39, 0.29) is 5.91 Å². The molecular formula is C16H32N4O. The highest BCUT2D eigenvalue weighted by Crippen LogP contribution is 2.10. The van der Waals surface area contributed by atoms with Gasteiger partial charge in [0.15, 0.2) is 0 Å². The van der Waals surface area contributed by atoms with Crippen molar-refractivity contribution in [2.75, 3.05) is 58.9 Å². The van der Waals surface area contributed by atoms with Gasteiger partial charge in [-0.15, -0.1) is 0 Å². The molecule has 2 aliphatic heterocycles. The third-order valence-corrected chi connectivity index (χ3v) is 4.47. The van der Waals surface area contributed by atoms with Crippen LogP contribution in [-0.4, -0.2) is 74.6 Å². The molecule has 5 nitrogen and oxygen atoms in total. The number of amides is 1. The second-order valence-electron chi connectivity index (χ2n) is 6.65. The predicted molar refractivity (Wildman–Crippen MR) is 86.4 cm³/mol. The lowest BCUT2D eigenvalue weighted by Crippen LogP contribution is -2.42. The summed E-state index contributed by atoms with van der Waals surface area (Å²) in [4.78, 5) is 16.8. The zero-order valence-electron chi connectivity index (χ0n) is 13.6. The second-order valence-corrected chi connectivity index (χ2v) is 6.65. The van der Waals surface area contributed by atoms with Crippen molar-refractivity contribution in [2.45, 2.75) is 32.6 Å². The van der Waals surface area contributed by atoms with E-state index < -0.39 is 0 Å². The molecule has 0 saturated carbocycles. The molecule has 2 N–H and O–H groups in total. The Morgan fingerprint density at radius 3 is 2.62 bits per heavy atom. The van der Waals surface area contributed by atoms with E-state index in [2.05, 4.69) is 27.4 Å². The highest BCUT2D eigenvalue weighted by atomic mass is 16.2. The number of rotatable bonds is 6. The molecule has 2 saturated heterocycles. The summed E-state index contributed by atoms with van der Waals surface area (Å²) >= 11 is 0. The average Bonchev–Trinajstić information content (AvgIpc) is 2.75. The number of piperidine rings is 1. The third kappa shape index (κ3) is 6.76. The van der Waals surface area contributed by atoms with Gasteiger partial charge in [-0.05, 0) is 51.4 Å². The van der Waals surface area contributed by atoms with Gasteiger partial charge in [-0.3, -0.25) is 9.69 Å². The highest BCUT2D eigenvalue weighted by Gasteiger charge is 2.15. The maximum absolute atomic E-state index is 12.0. The summed E-state index contributed by atoms with van der Waals surface area (Å²) < 4.78 is 0. The van der Waals surface area contributed by atoms with Crippen molar-refractivity contribution in [3.8, 4) is 0 Å². The first-order chi connectivity index (χ1) is 10.2. The van der Waals surface area contributed by atoms with E-state index in [1.54, 1.807) is 0 Å². The van der Waals surface area contributed by atoms with Gasteiger partial charge in [0.25, 0.3) is 0 Å². The van der Waals surface area contributed by atoms with E-state index in [0.717, 1.165) is 45.7 Å². The largest absolute Gasteiger partial charge is 0.355 e. The first-order valence-corrected chi connectivity index (χ1v) is 8.66. The van der Waals surface area contributed by atoms with Crippen molar-refractivity contribution in [3.05, 3.63) is 0 Å². The molecule has 122 valence electrons. The molecular weight excluding hydrogens is 264 g/mol. The van der Waals surface area contributed by atoms with Crippen molar-refractivity contribution >= 4 is 5.91 Å². The zero-order chi connectivity index (χ0) is 14.9. The maximum Gasteiger partial charge on any atom is 0.234 e. The van der Waals surface area contributed by atoms with Crippen LogP contribution in [0.4, 0.5) is 0 Å². The van der Waals surface area contributed by atoms with Crippen molar-refractivity contribution in [1.82, 2.24) is 20.4 Å². The van der Waals surface area contributed by atoms with Crippen LogP contribution in [0.2, 0.25) is 0 Å². The van der Waals surface area contributed by atoms with Gasteiger partial charge in [0, 0.05) is 26.2 Å². The molecule has 2 aliphatic rings. The molecule has 5 heteroatoms. The summed E-state index contributed by atoms with van der Waals surface area (Å²) in [6, 6.07) is 0. The van der Waals surface area contributed by atoms with Gasteiger partial charge < -0.3 is 15.5 Å². The van der Waals surface area contributed by atoms with Gasteiger partial charge in [-0.25, -0.2) is 0 Å². The molecule has 0 bridgehead atoms. The summed E-state index contributed by atoms with van der Waals surface area (Å²) in [7, 11) is 0. The monoisotopic (exact) mass is 296 g/mol. The second kappa shape index (κ2) is 9.38. The predicted octanol–water partition coefficient (Wildman–Crippen LogP) is 0.520. The molecule has 0 aromatic rings. The van der Waals surface area contributed by atoms with Gasteiger partial charge in [0.1, 0.15) is 0 Å². The topological polar surface area (TPSA) is 47.6 Å². The van der Waals surface area contributed by atoms with Crippen LogP contribution in [0.25, 0.3) is 0 Å². The lowest BCUT2D eigenvalue weighted by Gasteiger charge is -2.29. The van der Waals surface area contributed by atoms with Crippen molar-refractivity contribution in [3.63, 3.8) is 0 Å². The minimum absolute atomic E-state index is 0.183. The molecule has 21 heavy (non-hydrogen) atoms. The Morgan fingerprint density at radius 2 is 1.81 bits per heavy atom. The van der Waals surface area contributed by atoms with Crippen LogP contribution in [0.3, 0.4) is 0 Å². The normalized spacial score (nSPS) is 23.5. The van der Waals surface area contributed by atoms with E-state index in [9.17, 15) is 4.79 Å². The summed E-state index contributed by atoms with van der Waals surface area (Å²) in [5, 5.41) is 6.48. The average molecular weight is 296 g/mol. The van der Waals surface area contributed by atoms with Gasteiger partial charge in [-0.2, -0.15) is 0 Å². The summed E-state index contributed by atoms with van der Waals surface area (Å²) in [6.45, 7) is 11.3. The standard InChI is InChI=1S/C16H32N4O/c1-15(13-19-8-3-2-4-9-19)12-18-16(21)14-20-10-5-6-17-7-11-20/h15,17H,2-14H2,1H3,(H,18,21). The Morgan fingerprint density at radius 1 is 1.05 bits per heavy atom. The quantitative estimate of drug-likeness (QED) is 0.750. The molecule has 1 amide bonds. The third-order valence-electron chi connectivity index (χ3n) is 4.47. The maximum atomic E-state index is 12.0. The van der Waals surface area contributed by atoms with Crippen molar-refractivity contribution in [1.29, 1.82) is 0 Å². The smallest absolute Gasteiger partial charge is 0.234 e. The van der Waals surface area contributed by atoms with Gasteiger partial charge in [0.2, 0.25) is 5.91 Å². The number of likely N-dealkylation sites (tertiary alicyclic amines) is 1. The van der Waals surface area contributed by atoms with E-state index in [4.69, 9.17) is 0 Å². The Balaban J connectivity index is 1.58. The number of hydrogen-bond acceptors (Lipinski definition) is 4. The van der Waals surface area contributed by atoms with E-state index in [0.29, 0.717) is 12.5 Å². The number of carbonyl (C=O) groups is 1. The molecule has 0 aliphatic carbocycles. The molecule has 0 aromatic carbocycles. The molecule has 1 unspecified atom stereocenters. The Hall–Kier alpha value is -0.650. The van der Waals surface area contributed by atoms with Gasteiger partial charge in [-0.1, -0.05) is 13.3 Å². The lowest BCUT2D eigenvalue weighted by atomic mass is 10.1. The van der Waals surface area contributed by atoms with Crippen LogP contribution in [-0.2, 0) is 4.79 Å². The number of nitrogens with one attached hydrogen (secondary N) is 2. The van der Waals surface area contributed by atoms with Gasteiger partial charge >= 0.3 is 0 Å². The molecule has 2 fully saturated rings. The fourth-order valence-electron chi connectivity index (χ4n) is 3.25. The van der Waals surface area contributed by atoms with Crippen LogP contribution in [0.5, 0.6) is 0 Å². The SMILES string of the molecule is CC(CNC(=O)CN1CCCNCC1)CN1CCCCC1. The molecule has 0 radical (unpaired) electrons. The van der Waals surface area contributed by atoms with Crippen LogP contribution in [0.1, 0.15) is 32.6 Å². The molecule has 0 aromatic heterocycles. The molecule has 2 heterocycles. The van der Waals surface area contributed by atoms with E-state index in [1.807, 2.05) is 0 Å². The minimum atomic E-state index is 0.183. The Kier molecular flexibility index (Phi) is 7.47. The molecule has 0 spiro atoms. The minimum Gasteiger partial charge on any atom is -0.355 e. The van der Waals surface area contributed by atoms with E-state index in [1.165, 1.54) is 32.4 Å². The van der Waals surface area contributed by atoms with Crippen molar-refractivity contribution < 1.29 is 4.79 Å². The number of hydrogen-bond donors (Lipinski definition) is 2. The van der Waals surface area contributed by atoms with E-state index >= 15 is 0 Å².